The van der Waals surface area contributed by atoms with E-state index in [0.717, 1.165) is 35.3 Å². The monoisotopic (exact) mass is 647 g/mol. The quantitative estimate of drug-likeness (QED) is 0.0854. The number of hydrogen-bond acceptors (Lipinski definition) is 14. The fourth-order valence-electron chi connectivity index (χ4n) is 3.69. The lowest BCUT2D eigenvalue weighted by Crippen LogP contribution is -2.29. The lowest BCUT2D eigenvalue weighted by Gasteiger charge is -2.13. The number of azo groups is 1. The Bertz CT molecular complexity index is 1940. The Morgan fingerprint density at radius 3 is 2.17 bits per heavy atom. The zero-order chi connectivity index (χ0) is 30.3. The van der Waals surface area contributed by atoms with Crippen LogP contribution in [0.4, 0.5) is 11.4 Å². The minimum atomic E-state index is -5.00. The highest BCUT2D eigenvalue weighted by atomic mass is 32.2. The molecular formula is C20H17N5O12S4. The van der Waals surface area contributed by atoms with Crippen molar-refractivity contribution in [3.8, 4) is 0 Å². The summed E-state index contributed by atoms with van der Waals surface area (Å²) in [5, 5.41) is 29.1. The van der Waals surface area contributed by atoms with Gasteiger partial charge in [-0.3, -0.25) is 13.9 Å². The number of sulfonamides is 1. The Morgan fingerprint density at radius 2 is 1.61 bits per heavy atom. The number of amides is 1. The summed E-state index contributed by atoms with van der Waals surface area (Å²) >= 11 is 0.318. The maximum atomic E-state index is 13.0. The van der Waals surface area contributed by atoms with Gasteiger partial charge in [0.05, 0.1) is 28.3 Å². The zero-order valence-corrected chi connectivity index (χ0v) is 23.5. The number of anilines is 1. The number of carbonyl (C=O) groups excluding carboxylic acids is 1. The van der Waals surface area contributed by atoms with E-state index in [4.69, 9.17) is 10.4 Å². The highest BCUT2D eigenvalue weighted by molar-refractivity contribution is 7.94. The minimum Gasteiger partial charge on any atom is -0.282 e. The van der Waals surface area contributed by atoms with Crippen molar-refractivity contribution in [2.45, 2.75) is 32.5 Å². The second-order valence-electron chi connectivity index (χ2n) is 8.19. The maximum absolute atomic E-state index is 13.0. The van der Waals surface area contributed by atoms with Crippen LogP contribution in [0.1, 0.15) is 6.92 Å². The summed E-state index contributed by atoms with van der Waals surface area (Å²) in [6.07, 6.45) is 0. The Balaban J connectivity index is 1.77. The van der Waals surface area contributed by atoms with E-state index in [9.17, 15) is 39.2 Å². The van der Waals surface area contributed by atoms with Gasteiger partial charge >= 0.3 is 0 Å². The lowest BCUT2D eigenvalue weighted by atomic mass is 10.1. The molecule has 1 unspecified atom stereocenters. The van der Waals surface area contributed by atoms with Crippen molar-refractivity contribution in [1.82, 2.24) is 0 Å². The second kappa shape index (κ2) is 11.1. The summed E-state index contributed by atoms with van der Waals surface area (Å²) in [5.74, 6) is -0.754. The van der Waals surface area contributed by atoms with Gasteiger partial charge < -0.3 is 0 Å². The van der Waals surface area contributed by atoms with Crippen molar-refractivity contribution < 1.29 is 53.8 Å². The van der Waals surface area contributed by atoms with E-state index in [0.29, 0.717) is 12.0 Å². The number of hydrogen-bond donors (Lipinski definition) is 4. The molecule has 1 aliphatic heterocycles. The smallest absolute Gasteiger partial charge is 0.282 e. The lowest BCUT2D eigenvalue weighted by molar-refractivity contribution is -0.432. The van der Waals surface area contributed by atoms with Crippen molar-refractivity contribution in [2.24, 2.45) is 20.5 Å². The summed E-state index contributed by atoms with van der Waals surface area (Å²) < 4.78 is 95.2. The number of primary sulfonamides is 1. The molecule has 3 aromatic carbocycles. The number of carbonyl (C=O) groups is 1. The molecule has 1 aliphatic rings. The van der Waals surface area contributed by atoms with E-state index in [1.807, 2.05) is 0 Å². The summed E-state index contributed by atoms with van der Waals surface area (Å²) in [6.45, 7) is 1.41. The first-order chi connectivity index (χ1) is 19.0. The Kier molecular flexibility index (Phi) is 8.30. The van der Waals surface area contributed by atoms with Crippen molar-refractivity contribution in [3.63, 3.8) is 0 Å². The van der Waals surface area contributed by atoms with Crippen LogP contribution in [0.25, 0.3) is 10.8 Å². The van der Waals surface area contributed by atoms with Gasteiger partial charge in [0.2, 0.25) is 10.0 Å². The van der Waals surface area contributed by atoms with Crippen molar-refractivity contribution >= 4 is 76.1 Å². The molecule has 0 aromatic heterocycles. The molecule has 0 spiro atoms. The number of nitrogens with two attached hydrogens (primary N) is 1. The van der Waals surface area contributed by atoms with Gasteiger partial charge in [-0.1, -0.05) is 5.04 Å². The van der Waals surface area contributed by atoms with E-state index in [-0.39, 0.29) is 32.0 Å². The molecule has 218 valence electrons. The third-order valence-corrected chi connectivity index (χ3v) is 8.73. The van der Waals surface area contributed by atoms with Crippen LogP contribution in [0.5, 0.6) is 0 Å². The predicted molar refractivity (Wildman–Crippen MR) is 141 cm³/mol. The van der Waals surface area contributed by atoms with Gasteiger partial charge in [0.1, 0.15) is 15.5 Å². The first-order valence-corrected chi connectivity index (χ1v) is 15.8. The highest BCUT2D eigenvalue weighted by Gasteiger charge is 2.35. The van der Waals surface area contributed by atoms with Crippen molar-refractivity contribution in [3.05, 3.63) is 48.5 Å². The van der Waals surface area contributed by atoms with Gasteiger partial charge in [-0.25, -0.2) is 18.8 Å². The molecule has 41 heavy (non-hydrogen) atoms. The van der Waals surface area contributed by atoms with E-state index < -0.39 is 57.7 Å². The molecule has 1 amide bonds. The van der Waals surface area contributed by atoms with Crippen LogP contribution in [0.2, 0.25) is 0 Å². The average Bonchev–Trinajstić information content (AvgIpc) is 3.16. The Labute approximate surface area is 235 Å². The normalized spacial score (nSPS) is 16.6. The first kappa shape index (κ1) is 30.6. The molecule has 0 bridgehead atoms. The Morgan fingerprint density at radius 1 is 0.976 bits per heavy atom. The molecule has 17 nitrogen and oxygen atoms in total. The third-order valence-electron chi connectivity index (χ3n) is 5.47. The first-order valence-electron chi connectivity index (χ1n) is 10.6. The molecule has 0 saturated carbocycles. The van der Waals surface area contributed by atoms with E-state index >= 15 is 0 Å². The van der Waals surface area contributed by atoms with Crippen LogP contribution in [0, 0.1) is 0 Å². The van der Waals surface area contributed by atoms with Crippen LogP contribution in [-0.4, -0.2) is 57.3 Å². The molecule has 1 heterocycles. The van der Waals surface area contributed by atoms with E-state index in [1.165, 1.54) is 25.1 Å². The molecule has 3 aromatic rings. The third kappa shape index (κ3) is 6.59. The van der Waals surface area contributed by atoms with Gasteiger partial charge in [-0.2, -0.15) is 37.2 Å². The number of benzene rings is 3. The van der Waals surface area contributed by atoms with Gasteiger partial charge in [0, 0.05) is 10.3 Å². The van der Waals surface area contributed by atoms with E-state index in [2.05, 4.69) is 24.7 Å². The molecule has 5 N–H and O–H groups in total. The second-order valence-corrected chi connectivity index (χ2v) is 13.3. The number of rotatable bonds is 9. The molecule has 1 atom stereocenters. The molecule has 0 radical (unpaired) electrons. The van der Waals surface area contributed by atoms with Gasteiger partial charge in [0.15, 0.2) is 6.04 Å². The average molecular weight is 648 g/mol. The zero-order valence-electron chi connectivity index (χ0n) is 20.2. The Hall–Kier alpha value is -3.38. The minimum absolute atomic E-state index is 0.0598. The van der Waals surface area contributed by atoms with Crippen LogP contribution in [-0.2, 0) is 44.4 Å². The SMILES string of the molecule is CC1=NN(c2ccc(S(N)(=O)=O)cc2)C(=O)C1N=Nc1cc2c(S(=O)(=O)O)cc(SOOO)cc2cc1S(=O)(=O)O. The molecular weight excluding hydrogens is 631 g/mol. The maximum Gasteiger partial charge on any atom is 0.296 e. The van der Waals surface area contributed by atoms with Gasteiger partial charge in [0.25, 0.3) is 26.1 Å². The fourth-order valence-corrected chi connectivity index (χ4v) is 6.10. The topological polar surface area (TPSA) is 265 Å². The molecule has 21 heteroatoms. The summed E-state index contributed by atoms with van der Waals surface area (Å²) in [4.78, 5) is 11.2. The van der Waals surface area contributed by atoms with Crippen molar-refractivity contribution in [1.29, 1.82) is 0 Å². The van der Waals surface area contributed by atoms with Gasteiger partial charge in [-0.05, 0) is 60.8 Å². The van der Waals surface area contributed by atoms with Crippen LogP contribution in [0.15, 0.2) is 83.4 Å². The van der Waals surface area contributed by atoms with Crippen molar-refractivity contribution in [2.75, 3.05) is 5.01 Å². The predicted octanol–water partition coefficient (Wildman–Crippen LogP) is 2.28. The number of hydrazone groups is 1. The summed E-state index contributed by atoms with van der Waals surface area (Å²) in [7, 11) is -13.9. The standard InChI is InChI=1S/C20H17N5O12S4/c1-10-19(20(26)25(24-10)12-2-4-14(5-3-12)39(21,28)29)23-22-16-9-15-11(7-18(16)41(33,34)35)6-13(38-37-36-27)8-17(15)40(30,31)32/h2-9,19,27H,1H3,(H2,21,28,29)(H,30,31,32)(H,33,34,35). The van der Waals surface area contributed by atoms with Crippen LogP contribution in [0.3, 0.4) is 0 Å². The van der Waals surface area contributed by atoms with Gasteiger partial charge in [-0.15, -0.1) is 4.33 Å². The summed E-state index contributed by atoms with van der Waals surface area (Å²) in [5.41, 5.74) is -0.322. The number of fused-ring (bicyclic) bond motifs is 1. The fraction of sp³-hybridized carbons (Fsp3) is 0.100. The largest absolute Gasteiger partial charge is 0.296 e. The highest BCUT2D eigenvalue weighted by Crippen LogP contribution is 2.37. The molecule has 4 rings (SSSR count). The number of nitrogens with zero attached hydrogens (tertiary/aromatic N) is 4. The summed E-state index contributed by atoms with van der Waals surface area (Å²) in [6, 6.07) is 7.34. The molecule has 0 fully saturated rings. The van der Waals surface area contributed by atoms with Crippen LogP contribution >= 0.6 is 12.0 Å². The molecule has 0 aliphatic carbocycles. The van der Waals surface area contributed by atoms with Crippen LogP contribution < -0.4 is 10.1 Å². The van der Waals surface area contributed by atoms with E-state index in [1.54, 1.807) is 0 Å². The molecule has 0 saturated heterocycles.